The van der Waals surface area contributed by atoms with Gasteiger partial charge in [-0.3, -0.25) is 4.79 Å². The predicted molar refractivity (Wildman–Crippen MR) is 85.8 cm³/mol. The number of nitrogens with zero attached hydrogens (tertiary/aromatic N) is 3. The molecular weight excluding hydrogens is 302 g/mol. The molecule has 22 heavy (non-hydrogen) atoms. The maximum absolute atomic E-state index is 12.4. The first-order valence-corrected chi connectivity index (χ1v) is 7.56. The molecular formula is C14H17N5O2S. The molecule has 0 bridgehead atoms. The summed E-state index contributed by atoms with van der Waals surface area (Å²) in [5.41, 5.74) is 6.20. The zero-order valence-corrected chi connectivity index (χ0v) is 13.1. The van der Waals surface area contributed by atoms with Gasteiger partial charge in [0.05, 0.1) is 12.4 Å². The fraction of sp³-hybridized carbons (Fsp3) is 0.286. The predicted octanol–water partition coefficient (Wildman–Crippen LogP) is 1.97. The highest BCUT2D eigenvalue weighted by atomic mass is 32.2. The van der Waals surface area contributed by atoms with Crippen LogP contribution in [-0.2, 0) is 4.79 Å². The Morgan fingerprint density at radius 2 is 2.27 bits per heavy atom. The summed E-state index contributed by atoms with van der Waals surface area (Å²) in [4.78, 5) is 24.1. The Morgan fingerprint density at radius 3 is 2.95 bits per heavy atom. The van der Waals surface area contributed by atoms with E-state index >= 15 is 0 Å². The number of benzene rings is 1. The lowest BCUT2D eigenvalue weighted by molar-refractivity contribution is -0.115. The number of hydrogen-bond acceptors (Lipinski definition) is 7. The Hall–Kier alpha value is -2.35. The molecule has 7 nitrogen and oxygen atoms in total. The van der Waals surface area contributed by atoms with Crippen molar-refractivity contribution in [2.45, 2.75) is 23.8 Å². The molecule has 0 aliphatic rings. The van der Waals surface area contributed by atoms with Crippen molar-refractivity contribution >= 4 is 29.3 Å². The Balaban J connectivity index is 2.05. The second-order valence-electron chi connectivity index (χ2n) is 4.36. The van der Waals surface area contributed by atoms with Gasteiger partial charge in [-0.25, -0.2) is 9.97 Å². The number of aromatic nitrogens is 3. The lowest BCUT2D eigenvalue weighted by atomic mass is 10.2. The number of rotatable bonds is 6. The molecule has 2 rings (SSSR count). The number of methoxy groups -OCH3 is 1. The quantitative estimate of drug-likeness (QED) is 0.785. The molecule has 0 saturated heterocycles. The van der Waals surface area contributed by atoms with Gasteiger partial charge in [0.1, 0.15) is 12.1 Å². The summed E-state index contributed by atoms with van der Waals surface area (Å²) >= 11 is 1.25. The van der Waals surface area contributed by atoms with Gasteiger partial charge < -0.3 is 15.8 Å². The zero-order chi connectivity index (χ0) is 15.9. The fourth-order valence-electron chi connectivity index (χ4n) is 1.72. The van der Waals surface area contributed by atoms with Gasteiger partial charge in [0, 0.05) is 11.8 Å². The lowest BCUT2D eigenvalue weighted by Gasteiger charge is -2.14. The minimum atomic E-state index is -0.326. The van der Waals surface area contributed by atoms with Crippen molar-refractivity contribution in [1.82, 2.24) is 15.0 Å². The highest BCUT2D eigenvalue weighted by molar-refractivity contribution is 8.00. The van der Waals surface area contributed by atoms with Crippen LogP contribution < -0.4 is 15.8 Å². The van der Waals surface area contributed by atoms with Crippen molar-refractivity contribution in [2.24, 2.45) is 0 Å². The van der Waals surface area contributed by atoms with Crippen LogP contribution in [0.3, 0.4) is 0 Å². The van der Waals surface area contributed by atoms with E-state index in [-0.39, 0.29) is 17.1 Å². The van der Waals surface area contributed by atoms with Gasteiger partial charge >= 0.3 is 0 Å². The van der Waals surface area contributed by atoms with Crippen molar-refractivity contribution in [3.05, 3.63) is 30.6 Å². The molecule has 1 amide bonds. The van der Waals surface area contributed by atoms with E-state index in [2.05, 4.69) is 20.3 Å². The normalized spacial score (nSPS) is 11.7. The summed E-state index contributed by atoms with van der Waals surface area (Å²) in [5, 5.41) is 2.97. The maximum Gasteiger partial charge on any atom is 0.237 e. The molecule has 1 aromatic carbocycles. The van der Waals surface area contributed by atoms with Crippen LogP contribution in [0.2, 0.25) is 0 Å². The number of nitrogens with two attached hydrogens (primary N) is 1. The number of nitrogen functional groups attached to an aromatic ring is 1. The smallest absolute Gasteiger partial charge is 0.237 e. The molecule has 1 unspecified atom stereocenters. The molecule has 0 spiro atoms. The van der Waals surface area contributed by atoms with Crippen LogP contribution in [0.25, 0.3) is 0 Å². The molecule has 1 heterocycles. The second kappa shape index (κ2) is 7.60. The average molecular weight is 319 g/mol. The summed E-state index contributed by atoms with van der Waals surface area (Å²) in [6, 6.07) is 7.19. The van der Waals surface area contributed by atoms with Gasteiger partial charge in [0.2, 0.25) is 11.9 Å². The molecule has 8 heteroatoms. The highest BCUT2D eigenvalue weighted by Crippen LogP contribution is 2.24. The Bertz CT molecular complexity index is 653. The van der Waals surface area contributed by atoms with Crippen LogP contribution >= 0.6 is 11.8 Å². The van der Waals surface area contributed by atoms with Gasteiger partial charge in [-0.1, -0.05) is 24.8 Å². The molecule has 2 aromatic rings. The molecule has 116 valence electrons. The number of nitrogens with one attached hydrogen (secondary N) is 1. The van der Waals surface area contributed by atoms with Gasteiger partial charge in [0.25, 0.3) is 0 Å². The largest absolute Gasteiger partial charge is 0.497 e. The van der Waals surface area contributed by atoms with Crippen LogP contribution in [0.1, 0.15) is 13.3 Å². The van der Waals surface area contributed by atoms with Gasteiger partial charge in [-0.2, -0.15) is 4.98 Å². The second-order valence-corrected chi connectivity index (χ2v) is 5.53. The van der Waals surface area contributed by atoms with E-state index in [1.54, 1.807) is 19.2 Å². The number of amides is 1. The van der Waals surface area contributed by atoms with E-state index in [1.807, 2.05) is 19.1 Å². The van der Waals surface area contributed by atoms with Crippen molar-refractivity contribution in [2.75, 3.05) is 18.2 Å². The summed E-state index contributed by atoms with van der Waals surface area (Å²) in [6.45, 7) is 1.92. The van der Waals surface area contributed by atoms with Crippen molar-refractivity contribution in [3.63, 3.8) is 0 Å². The van der Waals surface area contributed by atoms with Crippen LogP contribution in [0.4, 0.5) is 11.6 Å². The van der Waals surface area contributed by atoms with Crippen molar-refractivity contribution in [3.8, 4) is 5.75 Å². The van der Waals surface area contributed by atoms with E-state index < -0.39 is 0 Å². The third-order valence-electron chi connectivity index (χ3n) is 2.82. The summed E-state index contributed by atoms with van der Waals surface area (Å²) in [6.07, 6.45) is 1.96. The number of anilines is 2. The zero-order valence-electron chi connectivity index (χ0n) is 12.3. The minimum absolute atomic E-state index is 0.125. The van der Waals surface area contributed by atoms with E-state index in [9.17, 15) is 4.79 Å². The first-order valence-electron chi connectivity index (χ1n) is 6.68. The third kappa shape index (κ3) is 4.32. The average Bonchev–Trinajstić information content (AvgIpc) is 2.52. The van der Waals surface area contributed by atoms with Crippen LogP contribution in [0.15, 0.2) is 35.7 Å². The molecule has 0 fully saturated rings. The Morgan fingerprint density at radius 1 is 1.45 bits per heavy atom. The first kappa shape index (κ1) is 16.0. The minimum Gasteiger partial charge on any atom is -0.497 e. The lowest BCUT2D eigenvalue weighted by Crippen LogP contribution is -2.24. The SMILES string of the molecule is CCC(Sc1ncnc(N)n1)C(=O)Nc1cccc(OC)c1. The monoisotopic (exact) mass is 319 g/mol. The number of thioether (sulfide) groups is 1. The van der Waals surface area contributed by atoms with Crippen LogP contribution in [0.5, 0.6) is 5.75 Å². The summed E-state index contributed by atoms with van der Waals surface area (Å²) < 4.78 is 5.13. The van der Waals surface area contributed by atoms with Crippen molar-refractivity contribution in [1.29, 1.82) is 0 Å². The number of carbonyl (C=O) groups is 1. The summed E-state index contributed by atoms with van der Waals surface area (Å²) in [5.74, 6) is 0.698. The van der Waals surface area contributed by atoms with E-state index in [0.717, 1.165) is 0 Å². The van der Waals surface area contributed by atoms with Crippen LogP contribution in [-0.4, -0.2) is 33.2 Å². The number of carbonyl (C=O) groups excluding carboxylic acids is 1. The molecule has 1 aromatic heterocycles. The van der Waals surface area contributed by atoms with Gasteiger partial charge in [0.15, 0.2) is 5.16 Å². The number of hydrogen-bond donors (Lipinski definition) is 2. The van der Waals surface area contributed by atoms with Crippen molar-refractivity contribution < 1.29 is 9.53 Å². The molecule has 0 radical (unpaired) electrons. The van der Waals surface area contributed by atoms with E-state index in [1.165, 1.54) is 18.1 Å². The molecule has 0 aliphatic carbocycles. The molecule has 0 aliphatic heterocycles. The number of ether oxygens (including phenoxy) is 1. The molecule has 0 saturated carbocycles. The highest BCUT2D eigenvalue weighted by Gasteiger charge is 2.19. The first-order chi connectivity index (χ1) is 10.6. The Labute approximate surface area is 132 Å². The van der Waals surface area contributed by atoms with Gasteiger partial charge in [-0.05, 0) is 18.6 Å². The summed E-state index contributed by atoms with van der Waals surface area (Å²) in [7, 11) is 1.58. The fourth-order valence-corrected chi connectivity index (χ4v) is 2.56. The maximum atomic E-state index is 12.4. The van der Waals surface area contributed by atoms with Crippen LogP contribution in [0, 0.1) is 0 Å². The van der Waals surface area contributed by atoms with Gasteiger partial charge in [-0.15, -0.1) is 0 Å². The molecule has 3 N–H and O–H groups in total. The standard InChI is InChI=1S/C14H17N5O2S/c1-3-11(22-14-17-8-16-13(15)19-14)12(20)18-9-5-4-6-10(7-9)21-2/h4-8,11H,3H2,1-2H3,(H,18,20)(H2,15,16,17,19). The van der Waals surface area contributed by atoms with E-state index in [4.69, 9.17) is 10.5 Å². The third-order valence-corrected chi connectivity index (χ3v) is 4.06. The topological polar surface area (TPSA) is 103 Å². The Kier molecular flexibility index (Phi) is 5.54. The molecule has 1 atom stereocenters. The van der Waals surface area contributed by atoms with E-state index in [0.29, 0.717) is 23.0 Å².